The molecule has 2 fully saturated rings. The summed E-state index contributed by atoms with van der Waals surface area (Å²) in [6.07, 6.45) is 2.50. The van der Waals surface area contributed by atoms with Crippen molar-refractivity contribution in [1.29, 1.82) is 0 Å². The lowest BCUT2D eigenvalue weighted by Crippen LogP contribution is -2.36. The number of rotatable bonds is 4. The zero-order chi connectivity index (χ0) is 13.2. The summed E-state index contributed by atoms with van der Waals surface area (Å²) >= 11 is 0. The van der Waals surface area contributed by atoms with Gasteiger partial charge in [-0.25, -0.2) is 4.39 Å². The number of hydrogen-bond donors (Lipinski definition) is 1. The molecule has 19 heavy (non-hydrogen) atoms. The molecule has 1 aliphatic carbocycles. The van der Waals surface area contributed by atoms with Crippen molar-refractivity contribution in [2.75, 3.05) is 31.2 Å². The number of benzene rings is 1. The van der Waals surface area contributed by atoms with Gasteiger partial charge in [0.1, 0.15) is 5.82 Å². The number of ether oxygens (including phenoxy) is 1. The van der Waals surface area contributed by atoms with Crippen LogP contribution in [0.2, 0.25) is 0 Å². The van der Waals surface area contributed by atoms with E-state index in [1.54, 1.807) is 6.07 Å². The zero-order valence-corrected chi connectivity index (χ0v) is 11.4. The number of hydrogen-bond acceptors (Lipinski definition) is 3. The summed E-state index contributed by atoms with van der Waals surface area (Å²) in [6.45, 7) is 5.00. The van der Waals surface area contributed by atoms with Gasteiger partial charge in [0.05, 0.1) is 18.9 Å². The molecule has 4 heteroatoms. The molecule has 1 saturated heterocycles. The van der Waals surface area contributed by atoms with Crippen molar-refractivity contribution in [2.45, 2.75) is 31.8 Å². The first kappa shape index (κ1) is 12.9. The number of halogens is 1. The summed E-state index contributed by atoms with van der Waals surface area (Å²) in [4.78, 5) is 2.06. The predicted molar refractivity (Wildman–Crippen MR) is 74.0 cm³/mol. The van der Waals surface area contributed by atoms with Crippen LogP contribution in [0, 0.1) is 5.82 Å². The quantitative estimate of drug-likeness (QED) is 0.904. The molecule has 1 saturated carbocycles. The third-order valence-corrected chi connectivity index (χ3v) is 3.89. The highest BCUT2D eigenvalue weighted by Crippen LogP contribution is 2.27. The number of nitrogens with zero attached hydrogens (tertiary/aromatic N) is 1. The fourth-order valence-electron chi connectivity index (χ4n) is 2.55. The molecule has 3 nitrogen and oxygen atoms in total. The molecule has 0 aromatic heterocycles. The molecule has 0 spiro atoms. The van der Waals surface area contributed by atoms with E-state index in [0.717, 1.165) is 18.7 Å². The van der Waals surface area contributed by atoms with Gasteiger partial charge in [-0.1, -0.05) is 6.07 Å². The van der Waals surface area contributed by atoms with Gasteiger partial charge in [0.2, 0.25) is 0 Å². The van der Waals surface area contributed by atoms with Crippen LogP contribution in [-0.2, 0) is 4.74 Å². The van der Waals surface area contributed by atoms with Crippen LogP contribution in [0.4, 0.5) is 10.1 Å². The minimum Gasteiger partial charge on any atom is -0.378 e. The van der Waals surface area contributed by atoms with Crippen LogP contribution >= 0.6 is 0 Å². The smallest absolute Gasteiger partial charge is 0.146 e. The van der Waals surface area contributed by atoms with Crippen molar-refractivity contribution >= 4 is 5.69 Å². The molecule has 2 aliphatic rings. The maximum atomic E-state index is 14.2. The molecule has 0 amide bonds. The van der Waals surface area contributed by atoms with Crippen molar-refractivity contribution in [2.24, 2.45) is 0 Å². The monoisotopic (exact) mass is 264 g/mol. The van der Waals surface area contributed by atoms with Crippen LogP contribution in [-0.4, -0.2) is 32.3 Å². The number of anilines is 1. The third kappa shape index (κ3) is 3.07. The normalized spacial score (nSPS) is 21.5. The Morgan fingerprint density at radius 2 is 2.05 bits per heavy atom. The predicted octanol–water partition coefficient (Wildman–Crippen LogP) is 2.48. The Labute approximate surface area is 113 Å². The van der Waals surface area contributed by atoms with E-state index in [1.807, 2.05) is 12.1 Å². The largest absolute Gasteiger partial charge is 0.378 e. The summed E-state index contributed by atoms with van der Waals surface area (Å²) in [6, 6.07) is 6.47. The Morgan fingerprint density at radius 1 is 1.32 bits per heavy atom. The lowest BCUT2D eigenvalue weighted by atomic mass is 10.1. The van der Waals surface area contributed by atoms with E-state index in [1.165, 1.54) is 12.8 Å². The van der Waals surface area contributed by atoms with Gasteiger partial charge in [0, 0.05) is 25.2 Å². The molecule has 1 aromatic carbocycles. The minimum atomic E-state index is -0.121. The third-order valence-electron chi connectivity index (χ3n) is 3.89. The van der Waals surface area contributed by atoms with Gasteiger partial charge in [-0.3, -0.25) is 0 Å². The first-order valence-electron chi connectivity index (χ1n) is 7.12. The second kappa shape index (κ2) is 5.47. The van der Waals surface area contributed by atoms with Gasteiger partial charge in [-0.05, 0) is 37.5 Å². The molecular weight excluding hydrogens is 243 g/mol. The van der Waals surface area contributed by atoms with Crippen molar-refractivity contribution in [1.82, 2.24) is 5.32 Å². The van der Waals surface area contributed by atoms with Crippen molar-refractivity contribution in [3.63, 3.8) is 0 Å². The standard InChI is InChI=1S/C15H21FN2O/c1-11(17-13-3-4-13)12-2-5-15(14(16)10-12)18-6-8-19-9-7-18/h2,5,10-11,13,17H,3-4,6-9H2,1H3/t11-/m1/s1. The van der Waals surface area contributed by atoms with Crippen molar-refractivity contribution < 1.29 is 9.13 Å². The van der Waals surface area contributed by atoms with E-state index < -0.39 is 0 Å². The molecule has 1 N–H and O–H groups in total. The molecule has 1 aromatic rings. The summed E-state index contributed by atoms with van der Waals surface area (Å²) in [5, 5.41) is 3.50. The van der Waals surface area contributed by atoms with Crippen molar-refractivity contribution in [3.8, 4) is 0 Å². The number of morpholine rings is 1. The molecule has 1 heterocycles. The van der Waals surface area contributed by atoms with Gasteiger partial charge >= 0.3 is 0 Å². The maximum absolute atomic E-state index is 14.2. The SMILES string of the molecule is C[C@@H](NC1CC1)c1ccc(N2CCOCC2)c(F)c1. The fourth-order valence-corrected chi connectivity index (χ4v) is 2.55. The highest BCUT2D eigenvalue weighted by atomic mass is 19.1. The molecular formula is C15H21FN2O. The number of nitrogens with one attached hydrogen (secondary N) is 1. The van der Waals surface area contributed by atoms with Gasteiger partial charge in [-0.15, -0.1) is 0 Å². The second-order valence-corrected chi connectivity index (χ2v) is 5.47. The first-order valence-corrected chi connectivity index (χ1v) is 7.12. The van der Waals surface area contributed by atoms with Crippen LogP contribution in [0.25, 0.3) is 0 Å². The van der Waals surface area contributed by atoms with E-state index in [0.29, 0.717) is 24.9 Å². The van der Waals surface area contributed by atoms with Gasteiger partial charge < -0.3 is 15.0 Å². The van der Waals surface area contributed by atoms with Gasteiger partial charge in [0.15, 0.2) is 0 Å². The first-order chi connectivity index (χ1) is 9.24. The van der Waals surface area contributed by atoms with E-state index in [4.69, 9.17) is 4.74 Å². The summed E-state index contributed by atoms with van der Waals surface area (Å²) in [7, 11) is 0. The van der Waals surface area contributed by atoms with Gasteiger partial charge in [-0.2, -0.15) is 0 Å². The van der Waals surface area contributed by atoms with Crippen LogP contribution < -0.4 is 10.2 Å². The Bertz CT molecular complexity index is 442. The van der Waals surface area contributed by atoms with Gasteiger partial charge in [0.25, 0.3) is 0 Å². The molecule has 1 aliphatic heterocycles. The zero-order valence-electron chi connectivity index (χ0n) is 11.4. The van der Waals surface area contributed by atoms with Crippen LogP contribution in [0.15, 0.2) is 18.2 Å². The highest BCUT2D eigenvalue weighted by Gasteiger charge is 2.24. The lowest BCUT2D eigenvalue weighted by Gasteiger charge is -2.29. The maximum Gasteiger partial charge on any atom is 0.146 e. The Balaban J connectivity index is 1.72. The molecule has 0 unspecified atom stereocenters. The summed E-state index contributed by atoms with van der Waals surface area (Å²) in [5.74, 6) is -0.121. The average molecular weight is 264 g/mol. The average Bonchev–Trinajstić information content (AvgIpc) is 3.23. The lowest BCUT2D eigenvalue weighted by molar-refractivity contribution is 0.122. The van der Waals surface area contributed by atoms with Crippen LogP contribution in [0.1, 0.15) is 31.4 Å². The fraction of sp³-hybridized carbons (Fsp3) is 0.600. The molecule has 0 radical (unpaired) electrons. The molecule has 1 atom stereocenters. The molecule has 0 bridgehead atoms. The minimum absolute atomic E-state index is 0.121. The highest BCUT2D eigenvalue weighted by molar-refractivity contribution is 5.49. The van der Waals surface area contributed by atoms with E-state index in [9.17, 15) is 4.39 Å². The summed E-state index contributed by atoms with van der Waals surface area (Å²) in [5.41, 5.74) is 1.73. The van der Waals surface area contributed by atoms with E-state index in [2.05, 4.69) is 17.1 Å². The summed E-state index contributed by atoms with van der Waals surface area (Å²) < 4.78 is 19.5. The van der Waals surface area contributed by atoms with Crippen LogP contribution in [0.3, 0.4) is 0 Å². The Hall–Kier alpha value is -1.13. The topological polar surface area (TPSA) is 24.5 Å². The Morgan fingerprint density at radius 3 is 2.68 bits per heavy atom. The van der Waals surface area contributed by atoms with Crippen LogP contribution in [0.5, 0.6) is 0 Å². The molecule has 3 rings (SSSR count). The molecule has 104 valence electrons. The Kier molecular flexibility index (Phi) is 3.71. The van der Waals surface area contributed by atoms with E-state index in [-0.39, 0.29) is 11.9 Å². The van der Waals surface area contributed by atoms with Crippen molar-refractivity contribution in [3.05, 3.63) is 29.6 Å². The second-order valence-electron chi connectivity index (χ2n) is 5.47. The van der Waals surface area contributed by atoms with E-state index >= 15 is 0 Å².